The van der Waals surface area contributed by atoms with Crippen molar-refractivity contribution >= 4 is 5.69 Å². The summed E-state index contributed by atoms with van der Waals surface area (Å²) in [7, 11) is 2.02. The van der Waals surface area contributed by atoms with E-state index in [9.17, 15) is 4.39 Å². The zero-order valence-electron chi connectivity index (χ0n) is 11.1. The Morgan fingerprint density at radius 3 is 2.65 bits per heavy atom. The van der Waals surface area contributed by atoms with Crippen molar-refractivity contribution in [2.45, 2.75) is 33.2 Å². The van der Waals surface area contributed by atoms with Crippen LogP contribution in [0.3, 0.4) is 0 Å². The normalized spacial score (nSPS) is 10.6. The third-order valence-electron chi connectivity index (χ3n) is 2.79. The Bertz CT molecular complexity index is 339. The molecule has 96 valence electrons. The third-order valence-corrected chi connectivity index (χ3v) is 2.79. The van der Waals surface area contributed by atoms with Crippen LogP contribution in [-0.4, -0.2) is 20.1 Å². The number of hydrogen-bond donors (Lipinski definition) is 1. The SMILES string of the molecule is CCCNCc1c(F)cccc1N(C)CCC. The second kappa shape index (κ2) is 7.28. The van der Waals surface area contributed by atoms with Crippen molar-refractivity contribution in [3.63, 3.8) is 0 Å². The van der Waals surface area contributed by atoms with Gasteiger partial charge in [-0.2, -0.15) is 0 Å². The first-order chi connectivity index (χ1) is 8.20. The highest BCUT2D eigenvalue weighted by molar-refractivity contribution is 5.53. The van der Waals surface area contributed by atoms with Crippen LogP contribution >= 0.6 is 0 Å². The lowest BCUT2D eigenvalue weighted by molar-refractivity contribution is 0.585. The summed E-state index contributed by atoms with van der Waals surface area (Å²) < 4.78 is 13.8. The minimum absolute atomic E-state index is 0.117. The van der Waals surface area contributed by atoms with E-state index in [-0.39, 0.29) is 5.82 Å². The summed E-state index contributed by atoms with van der Waals surface area (Å²) in [4.78, 5) is 2.12. The van der Waals surface area contributed by atoms with Crippen LogP contribution in [0.5, 0.6) is 0 Å². The molecule has 0 amide bonds. The maximum Gasteiger partial charge on any atom is 0.129 e. The van der Waals surface area contributed by atoms with Gasteiger partial charge in [-0.05, 0) is 31.5 Å². The van der Waals surface area contributed by atoms with Crippen molar-refractivity contribution in [3.05, 3.63) is 29.6 Å². The van der Waals surface area contributed by atoms with Gasteiger partial charge in [-0.1, -0.05) is 19.9 Å². The molecular weight excluding hydrogens is 215 g/mol. The van der Waals surface area contributed by atoms with Crippen LogP contribution in [0.25, 0.3) is 0 Å². The van der Waals surface area contributed by atoms with E-state index in [4.69, 9.17) is 0 Å². The maximum atomic E-state index is 13.8. The Balaban J connectivity index is 2.83. The summed E-state index contributed by atoms with van der Waals surface area (Å²) in [5.74, 6) is -0.117. The van der Waals surface area contributed by atoms with Crippen molar-refractivity contribution in [3.8, 4) is 0 Å². The summed E-state index contributed by atoms with van der Waals surface area (Å²) in [6, 6.07) is 5.30. The van der Waals surface area contributed by atoms with Crippen molar-refractivity contribution in [2.75, 3.05) is 25.0 Å². The van der Waals surface area contributed by atoms with E-state index in [1.807, 2.05) is 13.1 Å². The van der Waals surface area contributed by atoms with Gasteiger partial charge in [-0.25, -0.2) is 4.39 Å². The predicted octanol–water partition coefficient (Wildman–Crippen LogP) is 3.17. The Labute approximate surface area is 104 Å². The fourth-order valence-corrected chi connectivity index (χ4v) is 1.93. The number of halogens is 1. The Kier molecular flexibility index (Phi) is 5.98. The second-order valence-corrected chi connectivity index (χ2v) is 4.34. The lowest BCUT2D eigenvalue weighted by Crippen LogP contribution is -2.22. The summed E-state index contributed by atoms with van der Waals surface area (Å²) in [5, 5.41) is 3.26. The number of nitrogens with zero attached hydrogens (tertiary/aromatic N) is 1. The van der Waals surface area contributed by atoms with E-state index in [1.165, 1.54) is 6.07 Å². The fraction of sp³-hybridized carbons (Fsp3) is 0.571. The highest BCUT2D eigenvalue weighted by atomic mass is 19.1. The smallest absolute Gasteiger partial charge is 0.129 e. The zero-order chi connectivity index (χ0) is 12.7. The number of hydrogen-bond acceptors (Lipinski definition) is 2. The molecular formula is C14H23FN2. The van der Waals surface area contributed by atoms with E-state index in [2.05, 4.69) is 24.1 Å². The number of nitrogens with one attached hydrogen (secondary N) is 1. The average Bonchev–Trinajstić information content (AvgIpc) is 2.31. The van der Waals surface area contributed by atoms with E-state index in [0.717, 1.165) is 37.2 Å². The van der Waals surface area contributed by atoms with Gasteiger partial charge in [0, 0.05) is 31.4 Å². The van der Waals surface area contributed by atoms with E-state index >= 15 is 0 Å². The molecule has 3 heteroatoms. The molecule has 0 unspecified atom stereocenters. The molecule has 0 saturated heterocycles. The molecule has 0 bridgehead atoms. The number of rotatable bonds is 7. The quantitative estimate of drug-likeness (QED) is 0.734. The fourth-order valence-electron chi connectivity index (χ4n) is 1.93. The van der Waals surface area contributed by atoms with Gasteiger partial charge >= 0.3 is 0 Å². The average molecular weight is 238 g/mol. The highest BCUT2D eigenvalue weighted by Crippen LogP contribution is 2.22. The molecule has 1 rings (SSSR count). The van der Waals surface area contributed by atoms with Gasteiger partial charge < -0.3 is 10.2 Å². The summed E-state index contributed by atoms with van der Waals surface area (Å²) in [5.41, 5.74) is 1.77. The van der Waals surface area contributed by atoms with Crippen molar-refractivity contribution < 1.29 is 4.39 Å². The van der Waals surface area contributed by atoms with Gasteiger partial charge in [0.2, 0.25) is 0 Å². The molecule has 0 heterocycles. The summed E-state index contributed by atoms with van der Waals surface area (Å²) >= 11 is 0. The molecule has 1 aromatic rings. The first kappa shape index (κ1) is 14.0. The lowest BCUT2D eigenvalue weighted by Gasteiger charge is -2.22. The van der Waals surface area contributed by atoms with Crippen LogP contribution in [0.4, 0.5) is 10.1 Å². The molecule has 2 nitrogen and oxygen atoms in total. The molecule has 0 aromatic heterocycles. The van der Waals surface area contributed by atoms with Crippen LogP contribution in [0.1, 0.15) is 32.3 Å². The van der Waals surface area contributed by atoms with Gasteiger partial charge in [0.1, 0.15) is 5.82 Å². The van der Waals surface area contributed by atoms with E-state index in [1.54, 1.807) is 6.07 Å². The van der Waals surface area contributed by atoms with Crippen molar-refractivity contribution in [1.82, 2.24) is 5.32 Å². The molecule has 0 aliphatic heterocycles. The van der Waals surface area contributed by atoms with Gasteiger partial charge in [0.25, 0.3) is 0 Å². The molecule has 0 aliphatic rings. The zero-order valence-corrected chi connectivity index (χ0v) is 11.1. The monoisotopic (exact) mass is 238 g/mol. The topological polar surface area (TPSA) is 15.3 Å². The third kappa shape index (κ3) is 4.00. The standard InChI is InChI=1S/C14H23FN2/c1-4-9-16-11-12-13(15)7-6-8-14(12)17(3)10-5-2/h6-8,16H,4-5,9-11H2,1-3H3. The molecule has 0 fully saturated rings. The molecule has 17 heavy (non-hydrogen) atoms. The molecule has 0 radical (unpaired) electrons. The largest absolute Gasteiger partial charge is 0.374 e. The molecule has 0 spiro atoms. The van der Waals surface area contributed by atoms with Crippen LogP contribution in [0, 0.1) is 5.82 Å². The lowest BCUT2D eigenvalue weighted by atomic mass is 10.1. The van der Waals surface area contributed by atoms with Crippen LogP contribution in [0.2, 0.25) is 0 Å². The first-order valence-corrected chi connectivity index (χ1v) is 6.39. The van der Waals surface area contributed by atoms with Crippen molar-refractivity contribution in [1.29, 1.82) is 0 Å². The predicted molar refractivity (Wildman–Crippen MR) is 72.0 cm³/mol. The van der Waals surface area contributed by atoms with Gasteiger partial charge in [-0.15, -0.1) is 0 Å². The Morgan fingerprint density at radius 1 is 1.24 bits per heavy atom. The molecule has 1 N–H and O–H groups in total. The van der Waals surface area contributed by atoms with Crippen LogP contribution in [0.15, 0.2) is 18.2 Å². The van der Waals surface area contributed by atoms with Crippen LogP contribution < -0.4 is 10.2 Å². The Morgan fingerprint density at radius 2 is 2.00 bits per heavy atom. The molecule has 0 aliphatic carbocycles. The minimum Gasteiger partial charge on any atom is -0.374 e. The second-order valence-electron chi connectivity index (χ2n) is 4.34. The number of anilines is 1. The van der Waals surface area contributed by atoms with Crippen LogP contribution in [-0.2, 0) is 6.54 Å². The van der Waals surface area contributed by atoms with Gasteiger partial charge in [-0.3, -0.25) is 0 Å². The van der Waals surface area contributed by atoms with E-state index in [0.29, 0.717) is 6.54 Å². The maximum absolute atomic E-state index is 13.8. The van der Waals surface area contributed by atoms with Gasteiger partial charge in [0.05, 0.1) is 0 Å². The summed E-state index contributed by atoms with van der Waals surface area (Å²) in [6.07, 6.45) is 2.13. The first-order valence-electron chi connectivity index (χ1n) is 6.39. The Hall–Kier alpha value is -1.09. The molecule has 0 saturated carbocycles. The summed E-state index contributed by atoms with van der Waals surface area (Å²) in [6.45, 7) is 6.71. The highest BCUT2D eigenvalue weighted by Gasteiger charge is 2.10. The van der Waals surface area contributed by atoms with E-state index < -0.39 is 0 Å². The number of benzene rings is 1. The molecule has 1 aromatic carbocycles. The molecule has 0 atom stereocenters. The minimum atomic E-state index is -0.117. The van der Waals surface area contributed by atoms with Crippen molar-refractivity contribution in [2.24, 2.45) is 0 Å². The van der Waals surface area contributed by atoms with Gasteiger partial charge in [0.15, 0.2) is 0 Å².